The molecule has 0 aliphatic heterocycles. The van der Waals surface area contributed by atoms with E-state index in [2.05, 4.69) is 5.32 Å². The summed E-state index contributed by atoms with van der Waals surface area (Å²) in [4.78, 5) is 11.3. The van der Waals surface area contributed by atoms with Gasteiger partial charge in [-0.15, -0.1) is 0 Å². The summed E-state index contributed by atoms with van der Waals surface area (Å²) in [5.41, 5.74) is 2.37. The highest BCUT2D eigenvalue weighted by Crippen LogP contribution is 2.26. The van der Waals surface area contributed by atoms with Crippen molar-refractivity contribution in [2.24, 2.45) is 0 Å². The van der Waals surface area contributed by atoms with Crippen molar-refractivity contribution >= 4 is 28.9 Å². The van der Waals surface area contributed by atoms with Crippen LogP contribution >= 0.6 is 11.6 Å². The second-order valence-corrected chi connectivity index (χ2v) is 4.65. The Morgan fingerprint density at radius 3 is 2.70 bits per heavy atom. The molecule has 2 N–H and O–H groups in total. The van der Waals surface area contributed by atoms with Gasteiger partial charge in [-0.2, -0.15) is 0 Å². The molecule has 0 atom stereocenters. The van der Waals surface area contributed by atoms with E-state index in [1.807, 2.05) is 24.3 Å². The lowest BCUT2D eigenvalue weighted by Gasteiger charge is -2.13. The normalized spacial score (nSPS) is 10.3. The highest BCUT2D eigenvalue weighted by atomic mass is 35.5. The van der Waals surface area contributed by atoms with Crippen LogP contribution in [0.5, 0.6) is 0 Å². The summed E-state index contributed by atoms with van der Waals surface area (Å²) in [6, 6.07) is 12.3. The maximum absolute atomic E-state index is 11.3. The van der Waals surface area contributed by atoms with Crippen molar-refractivity contribution < 1.29 is 14.6 Å². The largest absolute Gasteiger partial charge is 0.478 e. The van der Waals surface area contributed by atoms with Crippen molar-refractivity contribution in [1.29, 1.82) is 0 Å². The number of methoxy groups -OCH3 is 1. The molecule has 0 radical (unpaired) electrons. The van der Waals surface area contributed by atoms with Crippen molar-refractivity contribution in [1.82, 2.24) is 0 Å². The topological polar surface area (TPSA) is 58.6 Å². The molecule has 2 rings (SSSR count). The molecule has 0 saturated carbocycles. The SMILES string of the molecule is COCc1ccccc1Nc1ccc(Cl)cc1C(=O)O. The van der Waals surface area contributed by atoms with Crippen LogP contribution in [-0.2, 0) is 11.3 Å². The molecule has 0 aliphatic carbocycles. The van der Waals surface area contributed by atoms with E-state index in [1.165, 1.54) is 6.07 Å². The van der Waals surface area contributed by atoms with Crippen LogP contribution in [0.3, 0.4) is 0 Å². The van der Waals surface area contributed by atoms with Crippen molar-refractivity contribution in [3.05, 3.63) is 58.6 Å². The van der Waals surface area contributed by atoms with Gasteiger partial charge >= 0.3 is 5.97 Å². The summed E-state index contributed by atoms with van der Waals surface area (Å²) in [5.74, 6) is -1.03. The second kappa shape index (κ2) is 6.41. The number of para-hydroxylation sites is 1. The lowest BCUT2D eigenvalue weighted by molar-refractivity contribution is 0.0698. The molecule has 0 bridgehead atoms. The molecule has 104 valence electrons. The molecule has 0 heterocycles. The fourth-order valence-corrected chi connectivity index (χ4v) is 2.04. The van der Waals surface area contributed by atoms with Gasteiger partial charge in [-0.3, -0.25) is 0 Å². The lowest BCUT2D eigenvalue weighted by atomic mass is 10.1. The van der Waals surface area contributed by atoms with E-state index in [4.69, 9.17) is 16.3 Å². The van der Waals surface area contributed by atoms with Crippen LogP contribution in [0.15, 0.2) is 42.5 Å². The van der Waals surface area contributed by atoms with Crippen LogP contribution in [0.2, 0.25) is 5.02 Å². The molecule has 5 heteroatoms. The maximum atomic E-state index is 11.3. The molecule has 2 aromatic carbocycles. The smallest absolute Gasteiger partial charge is 0.337 e. The monoisotopic (exact) mass is 291 g/mol. The first-order valence-corrected chi connectivity index (χ1v) is 6.36. The van der Waals surface area contributed by atoms with E-state index in [0.29, 0.717) is 17.3 Å². The summed E-state index contributed by atoms with van der Waals surface area (Å²) in [5, 5.41) is 12.7. The zero-order valence-corrected chi connectivity index (χ0v) is 11.6. The number of nitrogens with one attached hydrogen (secondary N) is 1. The quantitative estimate of drug-likeness (QED) is 0.876. The third kappa shape index (κ3) is 3.29. The summed E-state index contributed by atoms with van der Waals surface area (Å²) < 4.78 is 5.13. The Balaban J connectivity index is 2.37. The van der Waals surface area contributed by atoms with Crippen molar-refractivity contribution in [3.63, 3.8) is 0 Å². The molecular formula is C15H14ClNO3. The molecule has 0 saturated heterocycles. The Kier molecular flexibility index (Phi) is 4.61. The highest BCUT2D eigenvalue weighted by Gasteiger charge is 2.12. The number of hydrogen-bond donors (Lipinski definition) is 2. The number of benzene rings is 2. The molecule has 20 heavy (non-hydrogen) atoms. The van der Waals surface area contributed by atoms with Crippen LogP contribution < -0.4 is 5.32 Å². The summed E-state index contributed by atoms with van der Waals surface area (Å²) >= 11 is 5.83. The van der Waals surface area contributed by atoms with E-state index < -0.39 is 5.97 Å². The molecule has 4 nitrogen and oxygen atoms in total. The third-order valence-corrected chi connectivity index (χ3v) is 3.03. The number of anilines is 2. The summed E-state index contributed by atoms with van der Waals surface area (Å²) in [7, 11) is 1.61. The number of halogens is 1. The van der Waals surface area contributed by atoms with Gasteiger partial charge in [0, 0.05) is 23.4 Å². The molecule has 0 unspecified atom stereocenters. The van der Waals surface area contributed by atoms with Gasteiger partial charge in [0.1, 0.15) is 0 Å². The van der Waals surface area contributed by atoms with Crippen LogP contribution in [0.25, 0.3) is 0 Å². The van der Waals surface area contributed by atoms with Crippen molar-refractivity contribution in [2.75, 3.05) is 12.4 Å². The van der Waals surface area contributed by atoms with E-state index >= 15 is 0 Å². The van der Waals surface area contributed by atoms with Gasteiger partial charge in [0.15, 0.2) is 0 Å². The average molecular weight is 292 g/mol. The van der Waals surface area contributed by atoms with E-state index in [0.717, 1.165) is 11.3 Å². The number of ether oxygens (including phenoxy) is 1. The number of hydrogen-bond acceptors (Lipinski definition) is 3. The molecule has 2 aromatic rings. The Labute approximate surface area is 122 Å². The number of aromatic carboxylic acids is 1. The molecule has 0 fully saturated rings. The zero-order chi connectivity index (χ0) is 14.5. The minimum Gasteiger partial charge on any atom is -0.478 e. The van der Waals surface area contributed by atoms with Gasteiger partial charge in [0.05, 0.1) is 17.9 Å². The zero-order valence-electron chi connectivity index (χ0n) is 10.9. The van der Waals surface area contributed by atoms with Gasteiger partial charge in [-0.25, -0.2) is 4.79 Å². The first kappa shape index (κ1) is 14.4. The van der Waals surface area contributed by atoms with Crippen LogP contribution in [0.4, 0.5) is 11.4 Å². The van der Waals surface area contributed by atoms with Gasteiger partial charge in [-0.05, 0) is 24.3 Å². The van der Waals surface area contributed by atoms with Gasteiger partial charge < -0.3 is 15.2 Å². The third-order valence-electron chi connectivity index (χ3n) is 2.80. The van der Waals surface area contributed by atoms with E-state index in [9.17, 15) is 9.90 Å². The van der Waals surface area contributed by atoms with Gasteiger partial charge in [0.2, 0.25) is 0 Å². The predicted octanol–water partition coefficient (Wildman–Crippen LogP) is 3.93. The Hall–Kier alpha value is -2.04. The predicted molar refractivity (Wildman–Crippen MR) is 78.8 cm³/mol. The fraction of sp³-hybridized carbons (Fsp3) is 0.133. The number of rotatable bonds is 5. The standard InChI is InChI=1S/C15H14ClNO3/c1-20-9-10-4-2-3-5-13(10)17-14-7-6-11(16)8-12(14)15(18)19/h2-8,17H,9H2,1H3,(H,18,19). The minimum atomic E-state index is -1.03. The number of carboxylic acids is 1. The molecule has 0 aromatic heterocycles. The van der Waals surface area contributed by atoms with Crippen LogP contribution in [0, 0.1) is 0 Å². The van der Waals surface area contributed by atoms with Crippen molar-refractivity contribution in [2.45, 2.75) is 6.61 Å². The second-order valence-electron chi connectivity index (χ2n) is 4.21. The molecule has 0 spiro atoms. The molecular weight excluding hydrogens is 278 g/mol. The van der Waals surface area contributed by atoms with Crippen LogP contribution in [0.1, 0.15) is 15.9 Å². The van der Waals surface area contributed by atoms with Crippen LogP contribution in [-0.4, -0.2) is 18.2 Å². The lowest BCUT2D eigenvalue weighted by Crippen LogP contribution is -2.04. The maximum Gasteiger partial charge on any atom is 0.337 e. The summed E-state index contributed by atoms with van der Waals surface area (Å²) in [6.45, 7) is 0.444. The molecule has 0 aliphatic rings. The van der Waals surface area contributed by atoms with Crippen molar-refractivity contribution in [3.8, 4) is 0 Å². The average Bonchev–Trinajstić information content (AvgIpc) is 2.43. The van der Waals surface area contributed by atoms with Gasteiger partial charge in [-0.1, -0.05) is 29.8 Å². The fourth-order valence-electron chi connectivity index (χ4n) is 1.87. The molecule has 0 amide bonds. The Morgan fingerprint density at radius 1 is 1.25 bits per heavy atom. The Bertz CT molecular complexity index is 628. The summed E-state index contributed by atoms with van der Waals surface area (Å²) in [6.07, 6.45) is 0. The first-order chi connectivity index (χ1) is 9.61. The number of carbonyl (C=O) groups is 1. The highest BCUT2D eigenvalue weighted by molar-refractivity contribution is 6.31. The van der Waals surface area contributed by atoms with E-state index in [-0.39, 0.29) is 5.56 Å². The van der Waals surface area contributed by atoms with Gasteiger partial charge in [0.25, 0.3) is 0 Å². The number of carboxylic acid groups (broad SMARTS) is 1. The first-order valence-electron chi connectivity index (χ1n) is 5.98. The minimum absolute atomic E-state index is 0.129. The Morgan fingerprint density at radius 2 is 2.00 bits per heavy atom. The van der Waals surface area contributed by atoms with E-state index in [1.54, 1.807) is 19.2 Å².